The molecule has 1 aliphatic heterocycles. The molecule has 8 unspecified atom stereocenters. The van der Waals surface area contributed by atoms with Crippen molar-refractivity contribution >= 4 is 11.9 Å². The Kier molecular flexibility index (Phi) is 55.5. The lowest BCUT2D eigenvalue weighted by molar-refractivity contribution is -0.305. The van der Waals surface area contributed by atoms with E-state index < -0.39 is 67.4 Å². The Bertz CT molecular complexity index is 1670. The van der Waals surface area contributed by atoms with Crippen LogP contribution >= 0.6 is 0 Å². The number of nitrogens with one attached hydrogen (secondary N) is 1. The average molecular weight is 1170 g/mol. The van der Waals surface area contributed by atoms with Gasteiger partial charge in [-0.25, -0.2) is 0 Å². The van der Waals surface area contributed by atoms with Crippen LogP contribution in [0, 0.1) is 0 Å². The number of aliphatic hydroxyl groups excluding tert-OH is 5. The highest BCUT2D eigenvalue weighted by molar-refractivity contribution is 5.80. The molecule has 11 nitrogen and oxygen atoms in total. The third-order valence-electron chi connectivity index (χ3n) is 15.8. The number of amides is 1. The van der Waals surface area contributed by atoms with Gasteiger partial charge in [-0.3, -0.25) is 9.59 Å². The van der Waals surface area contributed by atoms with Crippen LogP contribution in [0.15, 0.2) is 85.1 Å². The first-order chi connectivity index (χ1) is 40.7. The molecule has 1 rings (SSSR count). The van der Waals surface area contributed by atoms with Gasteiger partial charge in [-0.2, -0.15) is 0 Å². The number of carbonyl (C=O) groups is 2. The summed E-state index contributed by atoms with van der Waals surface area (Å²) in [4.78, 5) is 26.6. The molecule has 1 saturated heterocycles. The Morgan fingerprint density at radius 2 is 0.831 bits per heavy atom. The van der Waals surface area contributed by atoms with Crippen LogP contribution in [0.2, 0.25) is 0 Å². The summed E-state index contributed by atoms with van der Waals surface area (Å²) in [5, 5.41) is 57.1. The van der Waals surface area contributed by atoms with Gasteiger partial charge in [0.25, 0.3) is 0 Å². The molecule has 0 aliphatic carbocycles. The van der Waals surface area contributed by atoms with Crippen LogP contribution in [0.25, 0.3) is 0 Å². The lowest BCUT2D eigenvalue weighted by Gasteiger charge is -2.41. The van der Waals surface area contributed by atoms with Gasteiger partial charge in [0.2, 0.25) is 5.91 Å². The number of rotatable bonds is 58. The summed E-state index contributed by atoms with van der Waals surface area (Å²) in [5.41, 5.74) is 0. The first-order valence-corrected chi connectivity index (χ1v) is 34.4. The zero-order valence-electron chi connectivity index (χ0n) is 53.3. The van der Waals surface area contributed by atoms with Crippen molar-refractivity contribution in [2.75, 3.05) is 13.2 Å². The molecule has 83 heavy (non-hydrogen) atoms. The summed E-state index contributed by atoms with van der Waals surface area (Å²) < 4.78 is 17.7. The number of unbranched alkanes of at least 4 members (excludes halogenated alkanes) is 32. The molecule has 0 spiro atoms. The van der Waals surface area contributed by atoms with Crippen molar-refractivity contribution in [3.63, 3.8) is 0 Å². The molecule has 1 fully saturated rings. The standard InChI is InChI=1S/C72H127NO10/c1-4-7-10-13-16-19-22-24-26-28-29-30-31-32-33-34-35-36-37-38-40-42-45-48-51-54-57-60-67(77)83-70-69(79)68(78)66(61-74)82-72(70)81-62-63(64(75)58-55-52-49-46-43-21-18-15-12-9-6-3)73-71(80)65(76)59-56-53-50-47-44-41-39-27-25-23-20-17-14-11-8-5-2/h16-17,19-20,24-27,29-30,41,44,55,58,63-66,68-70,72,74-76,78-79H,4-15,18,21-23,28,31-40,42-43,45-54,56-57,59-62H2,1-3H3,(H,73,80)/b19-16-,20-17-,26-24-,27-25-,30-29-,44-41-,58-55+. The molecule has 11 heteroatoms. The minimum Gasteiger partial charge on any atom is -0.454 e. The Balaban J connectivity index is 2.55. The molecule has 1 amide bonds. The fourth-order valence-corrected chi connectivity index (χ4v) is 10.3. The van der Waals surface area contributed by atoms with Crippen LogP contribution in [0.3, 0.4) is 0 Å². The monoisotopic (exact) mass is 1170 g/mol. The molecule has 1 heterocycles. The molecule has 480 valence electrons. The first kappa shape index (κ1) is 77.9. The van der Waals surface area contributed by atoms with Crippen molar-refractivity contribution in [1.29, 1.82) is 0 Å². The van der Waals surface area contributed by atoms with Gasteiger partial charge < -0.3 is 45.1 Å². The van der Waals surface area contributed by atoms with Gasteiger partial charge in [-0.05, 0) is 103 Å². The molecule has 0 aromatic carbocycles. The second-order valence-corrected chi connectivity index (χ2v) is 23.6. The highest BCUT2D eigenvalue weighted by atomic mass is 16.7. The average Bonchev–Trinajstić information content (AvgIpc) is 3.68. The zero-order valence-corrected chi connectivity index (χ0v) is 53.3. The largest absolute Gasteiger partial charge is 0.454 e. The SMILES string of the molecule is CCCCC/C=C\C/C=C\C/C=C\CCCCCCCCCCCCCCCCC(=O)OC1C(OCC(NC(=O)C(O)CCCCC/C=C\C/C=C\C/C=C\CCCCC)C(O)/C=C/CCCCCCCCCCC)OC(CO)C(O)C1O. The molecule has 0 radical (unpaired) electrons. The smallest absolute Gasteiger partial charge is 0.306 e. The zero-order chi connectivity index (χ0) is 60.3. The molecule has 0 saturated carbocycles. The summed E-state index contributed by atoms with van der Waals surface area (Å²) in [5.74, 6) is -1.22. The van der Waals surface area contributed by atoms with Gasteiger partial charge in [0.15, 0.2) is 12.4 Å². The van der Waals surface area contributed by atoms with Crippen molar-refractivity contribution in [3.8, 4) is 0 Å². The number of carbonyl (C=O) groups excluding carboxylic acids is 2. The van der Waals surface area contributed by atoms with E-state index in [4.69, 9.17) is 14.2 Å². The Morgan fingerprint density at radius 1 is 0.470 bits per heavy atom. The van der Waals surface area contributed by atoms with Crippen molar-refractivity contribution in [1.82, 2.24) is 5.32 Å². The molecular formula is C72H127NO10. The van der Waals surface area contributed by atoms with Crippen LogP contribution in [-0.2, 0) is 23.8 Å². The van der Waals surface area contributed by atoms with E-state index in [0.717, 1.165) is 89.9 Å². The van der Waals surface area contributed by atoms with Gasteiger partial charge in [0.05, 0.1) is 25.4 Å². The summed E-state index contributed by atoms with van der Waals surface area (Å²) in [6.07, 6.45) is 67.7. The molecule has 0 bridgehead atoms. The molecule has 8 atom stereocenters. The van der Waals surface area contributed by atoms with E-state index in [0.29, 0.717) is 12.8 Å². The van der Waals surface area contributed by atoms with Gasteiger partial charge in [0, 0.05) is 6.42 Å². The van der Waals surface area contributed by atoms with E-state index in [2.05, 4.69) is 99.0 Å². The minimum absolute atomic E-state index is 0.117. The molecule has 0 aromatic rings. The summed E-state index contributed by atoms with van der Waals surface area (Å²) >= 11 is 0. The fraction of sp³-hybridized carbons (Fsp3) is 0.778. The van der Waals surface area contributed by atoms with Gasteiger partial charge in [-0.1, -0.05) is 273 Å². The lowest BCUT2D eigenvalue weighted by Crippen LogP contribution is -2.61. The highest BCUT2D eigenvalue weighted by Gasteiger charge is 2.47. The van der Waals surface area contributed by atoms with E-state index in [-0.39, 0.29) is 19.4 Å². The second kappa shape index (κ2) is 59.2. The van der Waals surface area contributed by atoms with Crippen LogP contribution < -0.4 is 5.32 Å². The van der Waals surface area contributed by atoms with Gasteiger partial charge in [-0.15, -0.1) is 0 Å². The number of ether oxygens (including phenoxy) is 3. The molecule has 1 aliphatic rings. The van der Waals surface area contributed by atoms with Crippen molar-refractivity contribution in [3.05, 3.63) is 85.1 Å². The Morgan fingerprint density at radius 3 is 1.27 bits per heavy atom. The minimum atomic E-state index is -1.62. The molecule has 6 N–H and O–H groups in total. The number of esters is 1. The van der Waals surface area contributed by atoms with E-state index in [1.54, 1.807) is 6.08 Å². The lowest BCUT2D eigenvalue weighted by atomic mass is 9.99. The third kappa shape index (κ3) is 46.7. The Labute approximate surface area is 508 Å². The second-order valence-electron chi connectivity index (χ2n) is 23.6. The van der Waals surface area contributed by atoms with Crippen molar-refractivity contribution in [2.45, 2.75) is 346 Å². The van der Waals surface area contributed by atoms with Crippen LogP contribution in [0.1, 0.15) is 297 Å². The van der Waals surface area contributed by atoms with E-state index in [1.165, 1.54) is 161 Å². The van der Waals surface area contributed by atoms with Crippen molar-refractivity contribution < 1.29 is 49.3 Å². The highest BCUT2D eigenvalue weighted by Crippen LogP contribution is 2.26. The maximum absolute atomic E-state index is 13.4. The predicted molar refractivity (Wildman–Crippen MR) is 347 cm³/mol. The quantitative estimate of drug-likeness (QED) is 0.0195. The fourth-order valence-electron chi connectivity index (χ4n) is 10.3. The molecule has 0 aromatic heterocycles. The van der Waals surface area contributed by atoms with Gasteiger partial charge in [0.1, 0.15) is 24.4 Å². The number of aliphatic hydroxyl groups is 5. The van der Waals surface area contributed by atoms with E-state index in [9.17, 15) is 35.1 Å². The third-order valence-corrected chi connectivity index (χ3v) is 15.8. The molecular weight excluding hydrogens is 1040 g/mol. The number of allylic oxidation sites excluding steroid dienone is 13. The first-order valence-electron chi connectivity index (χ1n) is 34.4. The normalized spacial score (nSPS) is 19.1. The van der Waals surface area contributed by atoms with Gasteiger partial charge >= 0.3 is 5.97 Å². The predicted octanol–water partition coefficient (Wildman–Crippen LogP) is 17.3. The summed E-state index contributed by atoms with van der Waals surface area (Å²) in [6.45, 7) is 5.73. The summed E-state index contributed by atoms with van der Waals surface area (Å²) in [6, 6.07) is -1.04. The van der Waals surface area contributed by atoms with Crippen LogP contribution in [-0.4, -0.2) is 99.6 Å². The maximum Gasteiger partial charge on any atom is 0.306 e. The van der Waals surface area contributed by atoms with E-state index in [1.807, 2.05) is 6.08 Å². The summed E-state index contributed by atoms with van der Waals surface area (Å²) in [7, 11) is 0. The van der Waals surface area contributed by atoms with Crippen molar-refractivity contribution in [2.24, 2.45) is 0 Å². The number of hydrogen-bond acceptors (Lipinski definition) is 10. The Hall–Kier alpha value is -3.16. The maximum atomic E-state index is 13.4. The number of hydrogen-bond donors (Lipinski definition) is 6. The topological polar surface area (TPSA) is 175 Å². The van der Waals surface area contributed by atoms with E-state index >= 15 is 0 Å². The van der Waals surface area contributed by atoms with Crippen LogP contribution in [0.4, 0.5) is 0 Å². The van der Waals surface area contributed by atoms with Crippen LogP contribution in [0.5, 0.6) is 0 Å².